The van der Waals surface area contributed by atoms with Gasteiger partial charge in [0.2, 0.25) is 5.91 Å². The van der Waals surface area contributed by atoms with E-state index in [4.69, 9.17) is 0 Å². The van der Waals surface area contributed by atoms with E-state index in [0.29, 0.717) is 18.5 Å². The van der Waals surface area contributed by atoms with Crippen molar-refractivity contribution in [1.82, 2.24) is 9.88 Å². The van der Waals surface area contributed by atoms with Crippen LogP contribution in [0.15, 0.2) is 53.3 Å². The normalized spacial score (nSPS) is 15.5. The molecule has 32 heavy (non-hydrogen) atoms. The number of hydrogen-bond donors (Lipinski definition) is 1. The van der Waals surface area contributed by atoms with Crippen LogP contribution in [0, 0.1) is 17.0 Å². The van der Waals surface area contributed by atoms with Crippen molar-refractivity contribution in [2.45, 2.75) is 19.9 Å². The minimum absolute atomic E-state index is 0.0464. The zero-order valence-corrected chi connectivity index (χ0v) is 19.5. The maximum Gasteiger partial charge on any atom is 0.278 e. The smallest absolute Gasteiger partial charge is 0.278 e. The first kappa shape index (κ1) is 22.2. The summed E-state index contributed by atoms with van der Waals surface area (Å²) in [5.74, 6) is -0.0464. The lowest BCUT2D eigenvalue weighted by atomic mass is 10.1. The molecule has 1 aliphatic heterocycles. The number of carbonyl (C=O) groups excluding carboxylic acids is 1. The molecule has 8 nitrogen and oxygen atoms in total. The Kier molecular flexibility index (Phi) is 6.38. The number of fused-ring (bicyclic) bond motifs is 1. The van der Waals surface area contributed by atoms with Crippen LogP contribution < -0.4 is 10.2 Å². The lowest BCUT2D eigenvalue weighted by molar-refractivity contribution is -0.383. The Balaban J connectivity index is 1.44. The van der Waals surface area contributed by atoms with Crippen LogP contribution in [0.25, 0.3) is 10.8 Å². The lowest BCUT2D eigenvalue weighted by Gasteiger charge is -2.39. The van der Waals surface area contributed by atoms with Gasteiger partial charge in [0.25, 0.3) is 5.69 Å². The number of piperazine rings is 1. The highest BCUT2D eigenvalue weighted by Gasteiger charge is 2.27. The quantitative estimate of drug-likeness (QED) is 0.415. The van der Waals surface area contributed by atoms with E-state index in [1.807, 2.05) is 38.1 Å². The van der Waals surface area contributed by atoms with Crippen LogP contribution in [0.1, 0.15) is 12.5 Å². The molecule has 0 bridgehead atoms. The lowest BCUT2D eigenvalue weighted by Crippen LogP contribution is -2.52. The molecule has 0 saturated carbocycles. The van der Waals surface area contributed by atoms with E-state index in [1.165, 1.54) is 0 Å². The average molecular weight is 498 g/mol. The molecular weight excluding hydrogens is 474 g/mol. The van der Waals surface area contributed by atoms with E-state index in [1.54, 1.807) is 24.5 Å². The SMILES string of the molecule is Cc1ccc(NC(=O)C(C)N2CCN(c3ccc([N+](=O)[O-])c4cnccc34)CC2)c(Br)c1. The summed E-state index contributed by atoms with van der Waals surface area (Å²) in [5, 5.41) is 15.7. The number of nitrogens with one attached hydrogen (secondary N) is 1. The molecule has 1 N–H and O–H groups in total. The molecule has 1 atom stereocenters. The molecule has 0 radical (unpaired) electrons. The maximum atomic E-state index is 12.8. The van der Waals surface area contributed by atoms with Crippen LogP contribution in [0.2, 0.25) is 0 Å². The van der Waals surface area contributed by atoms with Gasteiger partial charge in [0, 0.05) is 60.2 Å². The van der Waals surface area contributed by atoms with Crippen molar-refractivity contribution < 1.29 is 9.72 Å². The van der Waals surface area contributed by atoms with Gasteiger partial charge < -0.3 is 10.2 Å². The largest absolute Gasteiger partial charge is 0.368 e. The topological polar surface area (TPSA) is 91.6 Å². The van der Waals surface area contributed by atoms with Gasteiger partial charge in [-0.1, -0.05) is 6.07 Å². The predicted molar refractivity (Wildman–Crippen MR) is 129 cm³/mol. The summed E-state index contributed by atoms with van der Waals surface area (Å²) in [5.41, 5.74) is 2.89. The Hall–Kier alpha value is -3.04. The van der Waals surface area contributed by atoms with Crippen molar-refractivity contribution in [1.29, 1.82) is 0 Å². The van der Waals surface area contributed by atoms with Crippen LogP contribution in [0.4, 0.5) is 17.1 Å². The highest BCUT2D eigenvalue weighted by molar-refractivity contribution is 9.10. The molecule has 166 valence electrons. The number of aromatic nitrogens is 1. The fraction of sp³-hybridized carbons (Fsp3) is 0.304. The Morgan fingerprint density at radius 1 is 1.16 bits per heavy atom. The Labute approximate surface area is 194 Å². The third-order valence-electron chi connectivity index (χ3n) is 5.93. The number of amides is 1. The number of non-ortho nitro benzene ring substituents is 1. The molecule has 1 aromatic heterocycles. The van der Waals surface area contributed by atoms with Gasteiger partial charge in [-0.05, 0) is 59.6 Å². The summed E-state index contributed by atoms with van der Waals surface area (Å²) in [6.07, 6.45) is 3.20. The van der Waals surface area contributed by atoms with E-state index in [2.05, 4.69) is 36.0 Å². The average Bonchev–Trinajstić information content (AvgIpc) is 2.79. The minimum atomic E-state index is -0.377. The number of halogens is 1. The van der Waals surface area contributed by atoms with E-state index in [-0.39, 0.29) is 22.6 Å². The van der Waals surface area contributed by atoms with Crippen molar-refractivity contribution in [3.63, 3.8) is 0 Å². The van der Waals surface area contributed by atoms with Crippen LogP contribution in [-0.4, -0.2) is 52.9 Å². The number of benzene rings is 2. The summed E-state index contributed by atoms with van der Waals surface area (Å²) < 4.78 is 0.863. The third kappa shape index (κ3) is 4.44. The molecule has 1 aliphatic rings. The molecule has 9 heteroatoms. The Morgan fingerprint density at radius 2 is 1.91 bits per heavy atom. The number of aryl methyl sites for hydroxylation is 1. The fourth-order valence-corrected chi connectivity index (χ4v) is 4.66. The molecule has 1 unspecified atom stereocenters. The zero-order chi connectivity index (χ0) is 22.8. The molecule has 1 fully saturated rings. The number of nitro groups is 1. The van der Waals surface area contributed by atoms with Gasteiger partial charge in [0.15, 0.2) is 0 Å². The Morgan fingerprint density at radius 3 is 2.59 bits per heavy atom. The number of nitrogens with zero attached hydrogens (tertiary/aromatic N) is 4. The molecule has 1 amide bonds. The minimum Gasteiger partial charge on any atom is -0.368 e. The van der Waals surface area contributed by atoms with Gasteiger partial charge in [0.05, 0.1) is 22.0 Å². The number of pyridine rings is 1. The standard InChI is InChI=1S/C23H24BrN5O3/c1-15-3-4-20(19(24)13-15)26-23(30)16(2)27-9-11-28(12-10-27)21-5-6-22(29(31)32)18-14-25-8-7-17(18)21/h3-8,13-14,16H,9-12H2,1-2H3,(H,26,30). The molecule has 0 spiro atoms. The van der Waals surface area contributed by atoms with Crippen molar-refractivity contribution in [3.05, 3.63) is 68.9 Å². The molecule has 2 aromatic carbocycles. The maximum absolute atomic E-state index is 12.8. The molecule has 0 aliphatic carbocycles. The third-order valence-corrected chi connectivity index (χ3v) is 6.59. The van der Waals surface area contributed by atoms with Crippen LogP contribution in [0.5, 0.6) is 0 Å². The van der Waals surface area contributed by atoms with Crippen LogP contribution >= 0.6 is 15.9 Å². The molecule has 1 saturated heterocycles. The van der Waals surface area contributed by atoms with Crippen LogP contribution in [0.3, 0.4) is 0 Å². The van der Waals surface area contributed by atoms with Crippen molar-refractivity contribution >= 4 is 49.7 Å². The summed E-state index contributed by atoms with van der Waals surface area (Å²) in [7, 11) is 0. The number of hydrogen-bond acceptors (Lipinski definition) is 6. The predicted octanol–water partition coefficient (Wildman–Crippen LogP) is 4.36. The summed E-state index contributed by atoms with van der Waals surface area (Å²) in [6.45, 7) is 6.80. The molecule has 4 rings (SSSR count). The monoisotopic (exact) mass is 497 g/mol. The summed E-state index contributed by atoms with van der Waals surface area (Å²) >= 11 is 3.51. The second-order valence-corrected chi connectivity index (χ2v) is 8.81. The number of carbonyl (C=O) groups is 1. The summed E-state index contributed by atoms with van der Waals surface area (Å²) in [4.78, 5) is 32.2. The van der Waals surface area contributed by atoms with Gasteiger partial charge >= 0.3 is 0 Å². The number of nitro benzene ring substituents is 1. The summed E-state index contributed by atoms with van der Waals surface area (Å²) in [6, 6.07) is 10.7. The highest BCUT2D eigenvalue weighted by Crippen LogP contribution is 2.33. The van der Waals surface area contributed by atoms with Gasteiger partial charge in [0.1, 0.15) is 0 Å². The van der Waals surface area contributed by atoms with Crippen molar-refractivity contribution in [3.8, 4) is 0 Å². The van der Waals surface area contributed by atoms with Gasteiger partial charge in [-0.2, -0.15) is 0 Å². The molecule has 2 heterocycles. The first-order chi connectivity index (χ1) is 15.3. The fourth-order valence-electron chi connectivity index (χ4n) is 4.07. The van der Waals surface area contributed by atoms with Crippen molar-refractivity contribution in [2.24, 2.45) is 0 Å². The van der Waals surface area contributed by atoms with Gasteiger partial charge in [-0.15, -0.1) is 0 Å². The second-order valence-electron chi connectivity index (χ2n) is 7.95. The Bertz CT molecular complexity index is 1180. The number of rotatable bonds is 5. The van der Waals surface area contributed by atoms with E-state index < -0.39 is 0 Å². The molecular formula is C23H24BrN5O3. The van der Waals surface area contributed by atoms with E-state index in [9.17, 15) is 14.9 Å². The first-order valence-corrected chi connectivity index (χ1v) is 11.2. The second kappa shape index (κ2) is 9.22. The van der Waals surface area contributed by atoms with Crippen LogP contribution in [-0.2, 0) is 4.79 Å². The van der Waals surface area contributed by atoms with Gasteiger partial charge in [-0.3, -0.25) is 24.8 Å². The van der Waals surface area contributed by atoms with Gasteiger partial charge in [-0.25, -0.2) is 0 Å². The van der Waals surface area contributed by atoms with E-state index in [0.717, 1.165) is 39.9 Å². The first-order valence-electron chi connectivity index (χ1n) is 10.4. The van der Waals surface area contributed by atoms with Crippen molar-refractivity contribution in [2.75, 3.05) is 36.4 Å². The molecule has 3 aromatic rings. The number of anilines is 2. The highest BCUT2D eigenvalue weighted by atomic mass is 79.9. The van der Waals surface area contributed by atoms with E-state index >= 15 is 0 Å². The zero-order valence-electron chi connectivity index (χ0n) is 17.9.